The molecule has 0 aliphatic carbocycles. The summed E-state index contributed by atoms with van der Waals surface area (Å²) in [5.74, 6) is 0.283. The zero-order valence-electron chi connectivity index (χ0n) is 12.1. The van der Waals surface area contributed by atoms with Crippen molar-refractivity contribution in [2.24, 2.45) is 0 Å². The molecule has 1 aliphatic rings. The molecule has 2 rings (SSSR count). The van der Waals surface area contributed by atoms with Gasteiger partial charge in [0, 0.05) is 37.6 Å². The normalized spacial score (nSPS) is 16.4. The van der Waals surface area contributed by atoms with Crippen LogP contribution in [0, 0.1) is 0 Å². The van der Waals surface area contributed by atoms with E-state index in [4.69, 9.17) is 11.6 Å². The second-order valence-electron chi connectivity index (χ2n) is 5.31. The highest BCUT2D eigenvalue weighted by Gasteiger charge is 2.19. The van der Waals surface area contributed by atoms with E-state index in [2.05, 4.69) is 17.0 Å². The standard InChI is InChI=1S/C16H23ClN2O/c1-2-16(20)19-12-10-18(11-13-19)9-3-4-14-5-7-15(17)8-6-14/h5-8H,2-4,9-13H2,1H3. The van der Waals surface area contributed by atoms with Crippen LogP contribution in [0.3, 0.4) is 0 Å². The SMILES string of the molecule is CCC(=O)N1CCN(CCCc2ccc(Cl)cc2)CC1. The van der Waals surface area contributed by atoms with Crippen LogP contribution in [0.5, 0.6) is 0 Å². The van der Waals surface area contributed by atoms with Crippen LogP contribution in [0.15, 0.2) is 24.3 Å². The maximum atomic E-state index is 11.6. The Labute approximate surface area is 126 Å². The van der Waals surface area contributed by atoms with Gasteiger partial charge in [-0.1, -0.05) is 30.7 Å². The van der Waals surface area contributed by atoms with E-state index in [0.717, 1.165) is 50.6 Å². The fourth-order valence-electron chi connectivity index (χ4n) is 2.60. The van der Waals surface area contributed by atoms with Gasteiger partial charge in [0.05, 0.1) is 0 Å². The molecule has 0 unspecified atom stereocenters. The van der Waals surface area contributed by atoms with Crippen LogP contribution < -0.4 is 0 Å². The van der Waals surface area contributed by atoms with Crippen molar-refractivity contribution in [3.05, 3.63) is 34.9 Å². The minimum absolute atomic E-state index is 0.283. The minimum Gasteiger partial charge on any atom is -0.340 e. The lowest BCUT2D eigenvalue weighted by Crippen LogP contribution is -2.48. The Morgan fingerprint density at radius 1 is 1.15 bits per heavy atom. The molecule has 0 bridgehead atoms. The Balaban J connectivity index is 1.66. The molecule has 1 aliphatic heterocycles. The smallest absolute Gasteiger partial charge is 0.222 e. The minimum atomic E-state index is 0.283. The summed E-state index contributed by atoms with van der Waals surface area (Å²) in [5.41, 5.74) is 1.34. The van der Waals surface area contributed by atoms with Crippen LogP contribution in [-0.4, -0.2) is 48.4 Å². The third-order valence-electron chi connectivity index (χ3n) is 3.88. The number of carbonyl (C=O) groups is 1. The average Bonchev–Trinajstić information content (AvgIpc) is 2.49. The van der Waals surface area contributed by atoms with Crippen LogP contribution >= 0.6 is 11.6 Å². The van der Waals surface area contributed by atoms with E-state index in [1.165, 1.54) is 5.56 Å². The predicted octanol–water partition coefficient (Wildman–Crippen LogP) is 2.83. The lowest BCUT2D eigenvalue weighted by molar-refractivity contribution is -0.132. The molecule has 1 amide bonds. The average molecular weight is 295 g/mol. The molecule has 20 heavy (non-hydrogen) atoms. The molecule has 1 saturated heterocycles. The zero-order chi connectivity index (χ0) is 14.4. The number of aryl methyl sites for hydroxylation is 1. The predicted molar refractivity (Wildman–Crippen MR) is 83.1 cm³/mol. The maximum Gasteiger partial charge on any atom is 0.222 e. The molecular weight excluding hydrogens is 272 g/mol. The number of rotatable bonds is 5. The van der Waals surface area contributed by atoms with E-state index < -0.39 is 0 Å². The number of piperazine rings is 1. The van der Waals surface area contributed by atoms with Crippen molar-refractivity contribution >= 4 is 17.5 Å². The molecular formula is C16H23ClN2O. The van der Waals surface area contributed by atoms with E-state index in [9.17, 15) is 4.79 Å². The highest BCUT2D eigenvalue weighted by atomic mass is 35.5. The molecule has 0 saturated carbocycles. The summed E-state index contributed by atoms with van der Waals surface area (Å²) in [5, 5.41) is 0.797. The Kier molecular flexibility index (Phi) is 5.86. The third kappa shape index (κ3) is 4.50. The van der Waals surface area contributed by atoms with Gasteiger partial charge >= 0.3 is 0 Å². The fourth-order valence-corrected chi connectivity index (χ4v) is 2.73. The number of hydrogen-bond acceptors (Lipinski definition) is 2. The van der Waals surface area contributed by atoms with E-state index in [0.29, 0.717) is 6.42 Å². The van der Waals surface area contributed by atoms with Crippen LogP contribution in [0.25, 0.3) is 0 Å². The molecule has 4 heteroatoms. The molecule has 0 aromatic heterocycles. The Bertz CT molecular complexity index is 425. The number of amides is 1. The molecule has 0 radical (unpaired) electrons. The van der Waals surface area contributed by atoms with Crippen LogP contribution in [0.2, 0.25) is 5.02 Å². The monoisotopic (exact) mass is 294 g/mol. The van der Waals surface area contributed by atoms with Gasteiger partial charge in [0.1, 0.15) is 0 Å². The van der Waals surface area contributed by atoms with Gasteiger partial charge in [0.15, 0.2) is 0 Å². The first-order chi connectivity index (χ1) is 9.69. The second kappa shape index (κ2) is 7.65. The maximum absolute atomic E-state index is 11.6. The summed E-state index contributed by atoms with van der Waals surface area (Å²) in [4.78, 5) is 16.0. The van der Waals surface area contributed by atoms with Crippen molar-refractivity contribution in [3.8, 4) is 0 Å². The lowest BCUT2D eigenvalue weighted by atomic mass is 10.1. The third-order valence-corrected chi connectivity index (χ3v) is 4.13. The van der Waals surface area contributed by atoms with Crippen molar-refractivity contribution in [3.63, 3.8) is 0 Å². The highest BCUT2D eigenvalue weighted by Crippen LogP contribution is 2.12. The molecule has 110 valence electrons. The van der Waals surface area contributed by atoms with E-state index in [1.54, 1.807) is 0 Å². The van der Waals surface area contributed by atoms with Crippen LogP contribution in [0.1, 0.15) is 25.3 Å². The molecule has 1 heterocycles. The number of carbonyl (C=O) groups excluding carboxylic acids is 1. The van der Waals surface area contributed by atoms with Crippen molar-refractivity contribution in [1.29, 1.82) is 0 Å². The summed E-state index contributed by atoms with van der Waals surface area (Å²) in [6, 6.07) is 8.10. The highest BCUT2D eigenvalue weighted by molar-refractivity contribution is 6.30. The van der Waals surface area contributed by atoms with Gasteiger partial charge in [-0.25, -0.2) is 0 Å². The molecule has 1 aromatic rings. The Morgan fingerprint density at radius 3 is 2.40 bits per heavy atom. The molecule has 3 nitrogen and oxygen atoms in total. The largest absolute Gasteiger partial charge is 0.340 e. The number of nitrogens with zero attached hydrogens (tertiary/aromatic N) is 2. The van der Waals surface area contributed by atoms with Gasteiger partial charge in [-0.15, -0.1) is 0 Å². The summed E-state index contributed by atoms with van der Waals surface area (Å²) < 4.78 is 0. The van der Waals surface area contributed by atoms with E-state index in [-0.39, 0.29) is 5.91 Å². The zero-order valence-corrected chi connectivity index (χ0v) is 12.9. The van der Waals surface area contributed by atoms with Crippen molar-refractivity contribution in [1.82, 2.24) is 9.80 Å². The topological polar surface area (TPSA) is 23.6 Å². The first-order valence-corrected chi connectivity index (χ1v) is 7.81. The van der Waals surface area contributed by atoms with Crippen LogP contribution in [0.4, 0.5) is 0 Å². The van der Waals surface area contributed by atoms with Gasteiger partial charge in [-0.05, 0) is 37.1 Å². The molecule has 1 aromatic carbocycles. The second-order valence-corrected chi connectivity index (χ2v) is 5.74. The summed E-state index contributed by atoms with van der Waals surface area (Å²) in [7, 11) is 0. The summed E-state index contributed by atoms with van der Waals surface area (Å²) in [6.07, 6.45) is 2.87. The molecule has 1 fully saturated rings. The Morgan fingerprint density at radius 2 is 1.80 bits per heavy atom. The summed E-state index contributed by atoms with van der Waals surface area (Å²) in [6.45, 7) is 6.82. The quantitative estimate of drug-likeness (QED) is 0.834. The van der Waals surface area contributed by atoms with Gasteiger partial charge in [0.25, 0.3) is 0 Å². The molecule has 0 atom stereocenters. The van der Waals surface area contributed by atoms with Gasteiger partial charge in [0.2, 0.25) is 5.91 Å². The number of hydrogen-bond donors (Lipinski definition) is 0. The van der Waals surface area contributed by atoms with Crippen molar-refractivity contribution in [2.45, 2.75) is 26.2 Å². The molecule has 0 spiro atoms. The van der Waals surface area contributed by atoms with E-state index in [1.807, 2.05) is 24.0 Å². The first-order valence-electron chi connectivity index (χ1n) is 7.43. The lowest BCUT2D eigenvalue weighted by Gasteiger charge is -2.34. The number of halogens is 1. The van der Waals surface area contributed by atoms with Gasteiger partial charge < -0.3 is 4.90 Å². The molecule has 0 N–H and O–H groups in total. The van der Waals surface area contributed by atoms with Gasteiger partial charge in [-0.2, -0.15) is 0 Å². The fraction of sp³-hybridized carbons (Fsp3) is 0.562. The van der Waals surface area contributed by atoms with Gasteiger partial charge in [-0.3, -0.25) is 9.69 Å². The van der Waals surface area contributed by atoms with Crippen molar-refractivity contribution < 1.29 is 4.79 Å². The number of benzene rings is 1. The van der Waals surface area contributed by atoms with Crippen molar-refractivity contribution in [2.75, 3.05) is 32.7 Å². The first kappa shape index (κ1) is 15.3. The van der Waals surface area contributed by atoms with E-state index >= 15 is 0 Å². The van der Waals surface area contributed by atoms with Crippen LogP contribution in [-0.2, 0) is 11.2 Å². The Hall–Kier alpha value is -1.06. The summed E-state index contributed by atoms with van der Waals surface area (Å²) >= 11 is 5.88.